The minimum absolute atomic E-state index is 0.116. The number of ether oxygens (including phenoxy) is 1. The van der Waals surface area contributed by atoms with Gasteiger partial charge in [0.15, 0.2) is 16.8 Å². The van der Waals surface area contributed by atoms with Gasteiger partial charge in [-0.3, -0.25) is 9.59 Å². The highest BCUT2D eigenvalue weighted by molar-refractivity contribution is 5.77. The first-order chi connectivity index (χ1) is 11.4. The summed E-state index contributed by atoms with van der Waals surface area (Å²) in [4.78, 5) is 27.9. The summed E-state index contributed by atoms with van der Waals surface area (Å²) in [6, 6.07) is 9.94. The highest BCUT2D eigenvalue weighted by atomic mass is 16.5. The van der Waals surface area contributed by atoms with Gasteiger partial charge in [-0.05, 0) is 50.1 Å². The van der Waals surface area contributed by atoms with E-state index in [0.717, 1.165) is 12.0 Å². The maximum atomic E-state index is 12.1. The fourth-order valence-electron chi connectivity index (χ4n) is 2.23. The zero-order chi connectivity index (χ0) is 17.3. The molecule has 1 aliphatic carbocycles. The Morgan fingerprint density at radius 1 is 1.21 bits per heavy atom. The minimum atomic E-state index is -0.489. The Morgan fingerprint density at radius 2 is 2.00 bits per heavy atom. The number of carbonyl (C=O) groups is 1. The number of fused-ring (bicyclic) bond motifs is 2. The molecule has 0 atom stereocenters. The van der Waals surface area contributed by atoms with Crippen LogP contribution in [0.15, 0.2) is 45.6 Å². The first-order valence-electron chi connectivity index (χ1n) is 7.90. The number of esters is 1. The van der Waals surface area contributed by atoms with Crippen molar-refractivity contribution in [1.82, 2.24) is 4.98 Å². The van der Waals surface area contributed by atoms with Crippen LogP contribution in [-0.2, 0) is 16.1 Å². The molecule has 0 saturated carbocycles. The van der Waals surface area contributed by atoms with Gasteiger partial charge < -0.3 is 9.15 Å². The normalized spacial score (nSPS) is 11.8. The van der Waals surface area contributed by atoms with Gasteiger partial charge in [-0.1, -0.05) is 13.0 Å². The molecule has 124 valence electrons. The Morgan fingerprint density at radius 3 is 2.75 bits per heavy atom. The van der Waals surface area contributed by atoms with E-state index in [1.807, 2.05) is 32.9 Å². The molecule has 0 N–H and O–H groups in total. The number of benzene rings is 2. The van der Waals surface area contributed by atoms with Gasteiger partial charge in [-0.15, -0.1) is 0 Å². The van der Waals surface area contributed by atoms with Gasteiger partial charge in [0.25, 0.3) is 0 Å². The lowest BCUT2D eigenvalue weighted by Crippen LogP contribution is -2.25. The second-order valence-electron chi connectivity index (χ2n) is 6.46. The quantitative estimate of drug-likeness (QED) is 0.539. The van der Waals surface area contributed by atoms with Crippen LogP contribution in [0.3, 0.4) is 0 Å². The van der Waals surface area contributed by atoms with Gasteiger partial charge in [0.1, 0.15) is 17.8 Å². The average Bonchev–Trinajstić information content (AvgIpc) is 2.57. The molecule has 24 heavy (non-hydrogen) atoms. The highest BCUT2D eigenvalue weighted by Gasteiger charge is 2.27. The molecule has 3 rings (SSSR count). The third kappa shape index (κ3) is 3.15. The second-order valence-corrected chi connectivity index (χ2v) is 6.46. The van der Waals surface area contributed by atoms with Gasteiger partial charge in [0.2, 0.25) is 0 Å². The minimum Gasteiger partial charge on any atom is -0.460 e. The molecule has 0 bridgehead atoms. The lowest BCUT2D eigenvalue weighted by molar-refractivity contribution is -0.155. The Balaban J connectivity index is 1.88. The van der Waals surface area contributed by atoms with E-state index >= 15 is 0 Å². The summed E-state index contributed by atoms with van der Waals surface area (Å²) >= 11 is 0. The van der Waals surface area contributed by atoms with Crippen LogP contribution in [0.1, 0.15) is 32.8 Å². The van der Waals surface area contributed by atoms with Crippen LogP contribution in [-0.4, -0.2) is 11.0 Å². The van der Waals surface area contributed by atoms with Gasteiger partial charge >= 0.3 is 5.97 Å². The summed E-state index contributed by atoms with van der Waals surface area (Å²) in [5.41, 5.74) is 2.08. The molecule has 0 saturated heterocycles. The zero-order valence-electron chi connectivity index (χ0n) is 14.0. The lowest BCUT2D eigenvalue weighted by Gasteiger charge is -2.20. The van der Waals surface area contributed by atoms with Crippen molar-refractivity contribution in [3.05, 3.63) is 52.2 Å². The van der Waals surface area contributed by atoms with Crippen LogP contribution in [0.4, 0.5) is 0 Å². The molecule has 1 aliphatic heterocycles. The van der Waals surface area contributed by atoms with Crippen LogP contribution in [0.2, 0.25) is 0 Å². The first-order valence-corrected chi connectivity index (χ1v) is 7.90. The van der Waals surface area contributed by atoms with Gasteiger partial charge in [-0.2, -0.15) is 0 Å². The summed E-state index contributed by atoms with van der Waals surface area (Å²) in [5, 5.41) is 0. The lowest BCUT2D eigenvalue weighted by atomic mass is 9.91. The van der Waals surface area contributed by atoms with Crippen molar-refractivity contribution in [3.63, 3.8) is 0 Å². The van der Waals surface area contributed by atoms with Crippen LogP contribution >= 0.6 is 0 Å². The van der Waals surface area contributed by atoms with Gasteiger partial charge in [0, 0.05) is 6.07 Å². The van der Waals surface area contributed by atoms with Crippen LogP contribution < -0.4 is 5.43 Å². The monoisotopic (exact) mass is 325 g/mol. The Kier molecular flexibility index (Phi) is 4.09. The number of carbonyl (C=O) groups excluding carboxylic acids is 1. The molecule has 0 amide bonds. The standard InChI is InChI=1S/C19H19NO4/c1-4-19(2,3)18(22)23-11-12-5-8-16-15(9-12)20-14-7-6-13(21)10-17(14)24-16/h5-10H,4,11H2,1-3H3. The number of nitrogens with zero attached hydrogens (tertiary/aromatic N) is 1. The summed E-state index contributed by atoms with van der Waals surface area (Å²) in [5.74, 6) is 0.239. The molecule has 5 nitrogen and oxygen atoms in total. The summed E-state index contributed by atoms with van der Waals surface area (Å²) in [7, 11) is 0. The number of hydrogen-bond donors (Lipinski definition) is 0. The first kappa shape index (κ1) is 16.2. The fourth-order valence-corrected chi connectivity index (χ4v) is 2.23. The maximum absolute atomic E-state index is 12.1. The molecule has 5 heteroatoms. The summed E-state index contributed by atoms with van der Waals surface area (Å²) < 4.78 is 11.1. The van der Waals surface area contributed by atoms with E-state index in [4.69, 9.17) is 9.15 Å². The van der Waals surface area contributed by atoms with Crippen molar-refractivity contribution in [2.24, 2.45) is 5.41 Å². The summed E-state index contributed by atoms with van der Waals surface area (Å²) in [6.07, 6.45) is 0.720. The molecule has 1 heterocycles. The Bertz CT molecular complexity index is 926. The predicted octanol–water partition coefficient (Wildman–Crippen LogP) is 3.77. The molecule has 0 spiro atoms. The third-order valence-corrected chi connectivity index (χ3v) is 4.22. The van der Waals surface area contributed by atoms with Crippen LogP contribution in [0.25, 0.3) is 22.6 Å². The number of hydrogen-bond acceptors (Lipinski definition) is 5. The van der Waals surface area contributed by atoms with E-state index in [9.17, 15) is 9.59 Å². The van der Waals surface area contributed by atoms with E-state index in [-0.39, 0.29) is 18.0 Å². The predicted molar refractivity (Wildman–Crippen MR) is 90.8 cm³/mol. The Hall–Kier alpha value is -2.69. The van der Waals surface area contributed by atoms with Crippen molar-refractivity contribution >= 4 is 17.1 Å². The average molecular weight is 325 g/mol. The largest absolute Gasteiger partial charge is 0.460 e. The molecule has 2 aliphatic rings. The van der Waals surface area contributed by atoms with E-state index < -0.39 is 5.41 Å². The second kappa shape index (κ2) is 6.07. The third-order valence-electron chi connectivity index (χ3n) is 4.22. The number of rotatable bonds is 4. The molecule has 0 unspecified atom stereocenters. The van der Waals surface area contributed by atoms with Gasteiger partial charge in [0.05, 0.1) is 5.41 Å². The smallest absolute Gasteiger partial charge is 0.311 e. The number of aromatic nitrogens is 1. The van der Waals surface area contributed by atoms with Crippen molar-refractivity contribution in [2.75, 3.05) is 0 Å². The van der Waals surface area contributed by atoms with Crippen molar-refractivity contribution < 1.29 is 13.9 Å². The van der Waals surface area contributed by atoms with Crippen molar-refractivity contribution in [1.29, 1.82) is 0 Å². The molecule has 1 aromatic rings. The molecule has 1 aromatic carbocycles. The highest BCUT2D eigenvalue weighted by Crippen LogP contribution is 2.25. The molecule has 0 aromatic heterocycles. The van der Waals surface area contributed by atoms with E-state index in [2.05, 4.69) is 4.98 Å². The van der Waals surface area contributed by atoms with E-state index in [1.54, 1.807) is 12.1 Å². The molecule has 0 radical (unpaired) electrons. The maximum Gasteiger partial charge on any atom is 0.311 e. The zero-order valence-corrected chi connectivity index (χ0v) is 14.0. The van der Waals surface area contributed by atoms with Crippen LogP contribution in [0.5, 0.6) is 0 Å². The SMILES string of the molecule is CCC(C)(C)C(=O)OCc1ccc2oc3cc(=O)ccc-3nc2c1. The molecule has 0 fully saturated rings. The van der Waals surface area contributed by atoms with Crippen molar-refractivity contribution in [3.8, 4) is 11.5 Å². The topological polar surface area (TPSA) is 69.4 Å². The van der Waals surface area contributed by atoms with Gasteiger partial charge in [-0.25, -0.2) is 4.98 Å². The van der Waals surface area contributed by atoms with Crippen molar-refractivity contribution in [2.45, 2.75) is 33.8 Å². The molecular formula is C19H19NO4. The van der Waals surface area contributed by atoms with E-state index in [1.165, 1.54) is 12.1 Å². The van der Waals surface area contributed by atoms with Crippen LogP contribution in [0, 0.1) is 5.41 Å². The fraction of sp³-hybridized carbons (Fsp3) is 0.316. The van der Waals surface area contributed by atoms with E-state index in [0.29, 0.717) is 22.6 Å². The summed E-state index contributed by atoms with van der Waals surface area (Å²) in [6.45, 7) is 5.89. The molecular weight excluding hydrogens is 306 g/mol. The Labute approximate surface area is 139 Å².